The average molecular weight is 818 g/mol. The Hall–Kier alpha value is -7.57. The topological polar surface area (TPSA) is 73.8 Å². The molecule has 12 rings (SSSR count). The van der Waals surface area contributed by atoms with Gasteiger partial charge >= 0.3 is 0 Å². The summed E-state index contributed by atoms with van der Waals surface area (Å²) >= 11 is 0. The predicted molar refractivity (Wildman–Crippen MR) is 251 cm³/mol. The molecule has 4 aliphatic heterocycles. The van der Waals surface area contributed by atoms with Crippen LogP contribution in [0.15, 0.2) is 182 Å². The number of rotatable bonds is 9. The maximum Gasteiger partial charge on any atom is 0.252 e. The molecule has 0 radical (unpaired) electrons. The van der Waals surface area contributed by atoms with Crippen molar-refractivity contribution in [2.75, 3.05) is 9.80 Å². The van der Waals surface area contributed by atoms with Crippen LogP contribution in [0.5, 0.6) is 11.5 Å². The van der Waals surface area contributed by atoms with Crippen molar-refractivity contribution in [3.05, 3.63) is 188 Å². The predicted octanol–water partition coefficient (Wildman–Crippen LogP) is 10.9. The average Bonchev–Trinajstić information content (AvgIpc) is 4.25. The van der Waals surface area contributed by atoms with Gasteiger partial charge in [0, 0.05) is 34.1 Å². The Balaban J connectivity index is 0.984. The fraction of sp³-hybridized carbons (Fsp3) is 0.109. The molecule has 4 heterocycles. The minimum Gasteiger partial charge on any atom is -0.462 e. The molecule has 4 atom stereocenters. The zero-order valence-electron chi connectivity index (χ0n) is 34.7. The van der Waals surface area contributed by atoms with Gasteiger partial charge in [-0.1, -0.05) is 97.1 Å². The number of nitrogens with zero attached hydrogens (tertiary/aromatic N) is 3. The van der Waals surface area contributed by atoms with Gasteiger partial charge in [0.2, 0.25) is 12.6 Å². The van der Waals surface area contributed by atoms with Gasteiger partial charge in [0.1, 0.15) is 23.7 Å². The van der Waals surface area contributed by atoms with E-state index in [2.05, 4.69) is 161 Å². The molecule has 63 heavy (non-hydrogen) atoms. The Morgan fingerprint density at radius 2 is 0.825 bits per heavy atom. The molecule has 0 bridgehead atoms. The number of fused-ring (bicyclic) bond motifs is 4. The van der Waals surface area contributed by atoms with Crippen LogP contribution in [0, 0.1) is 11.3 Å². The van der Waals surface area contributed by atoms with Gasteiger partial charge in [0.15, 0.2) is 0 Å². The van der Waals surface area contributed by atoms with Crippen LogP contribution in [0.25, 0.3) is 33.4 Å². The number of epoxide rings is 2. The molecule has 8 aromatic rings. The van der Waals surface area contributed by atoms with Crippen molar-refractivity contribution in [1.29, 1.82) is 5.26 Å². The van der Waals surface area contributed by atoms with E-state index in [1.165, 1.54) is 16.4 Å². The van der Waals surface area contributed by atoms with E-state index in [4.69, 9.17) is 18.9 Å². The van der Waals surface area contributed by atoms with Gasteiger partial charge in [0.25, 0.3) is 6.71 Å². The highest BCUT2D eigenvalue weighted by Gasteiger charge is 2.43. The van der Waals surface area contributed by atoms with E-state index >= 15 is 0 Å². The summed E-state index contributed by atoms with van der Waals surface area (Å²) in [4.78, 5) is 4.85. The molecule has 0 saturated carbocycles. The summed E-state index contributed by atoms with van der Waals surface area (Å²) in [7, 11) is 0. The van der Waals surface area contributed by atoms with Gasteiger partial charge in [-0.15, -0.1) is 0 Å². The first-order valence-electron chi connectivity index (χ1n) is 21.5. The lowest BCUT2D eigenvalue weighted by atomic mass is 9.33. The lowest BCUT2D eigenvalue weighted by Crippen LogP contribution is -2.61. The van der Waals surface area contributed by atoms with Crippen LogP contribution >= 0.6 is 0 Å². The van der Waals surface area contributed by atoms with Gasteiger partial charge in [-0.3, -0.25) is 0 Å². The molecule has 0 spiro atoms. The fourth-order valence-electron chi connectivity index (χ4n) is 9.26. The first kappa shape index (κ1) is 37.2. The number of nitriles is 1. The zero-order chi connectivity index (χ0) is 42.2. The van der Waals surface area contributed by atoms with Crippen molar-refractivity contribution < 1.29 is 18.9 Å². The summed E-state index contributed by atoms with van der Waals surface area (Å²) in [5, 5.41) is 9.69. The van der Waals surface area contributed by atoms with Crippen molar-refractivity contribution >= 4 is 57.2 Å². The molecule has 2 saturated heterocycles. The van der Waals surface area contributed by atoms with E-state index in [9.17, 15) is 5.26 Å². The number of ether oxygens (including phenoxy) is 4. The lowest BCUT2D eigenvalue weighted by molar-refractivity contribution is 0.178. The molecule has 4 aliphatic rings. The smallest absolute Gasteiger partial charge is 0.252 e. The molecule has 0 amide bonds. The van der Waals surface area contributed by atoms with Gasteiger partial charge in [-0.25, -0.2) is 0 Å². The highest BCUT2D eigenvalue weighted by atomic mass is 16.8. The van der Waals surface area contributed by atoms with E-state index < -0.39 is 0 Å². The lowest BCUT2D eigenvalue weighted by Gasteiger charge is -2.44. The minimum atomic E-state index is -0.161. The zero-order valence-corrected chi connectivity index (χ0v) is 34.7. The number of hydrogen-bond acceptors (Lipinski definition) is 7. The SMILES string of the molecule is CC1OC1Oc1ccc(-c2ccc(N3c4ccccc4B4c5ccccc5N(c5ccc(-c6ccc(OC7OC7C)cc6)cc5)c5cc(-c6ccc(C#N)cc6)cc3c54)cc2)cc1. The summed E-state index contributed by atoms with van der Waals surface area (Å²) in [6, 6.07) is 66.7. The van der Waals surface area contributed by atoms with E-state index in [-0.39, 0.29) is 31.5 Å². The summed E-state index contributed by atoms with van der Waals surface area (Å²) in [5.74, 6) is 1.61. The molecular formula is C55H40BN3O4. The minimum absolute atomic E-state index is 0.00187. The van der Waals surface area contributed by atoms with E-state index in [1.54, 1.807) is 0 Å². The molecule has 8 heteroatoms. The largest absolute Gasteiger partial charge is 0.462 e. The molecule has 0 aromatic heterocycles. The third-order valence-corrected chi connectivity index (χ3v) is 12.7. The normalized spacial score (nSPS) is 18.7. The molecule has 0 N–H and O–H groups in total. The summed E-state index contributed by atoms with van der Waals surface area (Å²) in [5.41, 5.74) is 17.6. The van der Waals surface area contributed by atoms with Crippen LogP contribution in [-0.4, -0.2) is 31.5 Å². The third kappa shape index (κ3) is 6.61. The summed E-state index contributed by atoms with van der Waals surface area (Å²) < 4.78 is 22.8. The number of hydrogen-bond donors (Lipinski definition) is 0. The van der Waals surface area contributed by atoms with E-state index in [0.29, 0.717) is 5.56 Å². The van der Waals surface area contributed by atoms with Crippen molar-refractivity contribution in [2.24, 2.45) is 0 Å². The molecule has 2 fully saturated rings. The Kier molecular flexibility index (Phi) is 8.75. The molecule has 4 unspecified atom stereocenters. The van der Waals surface area contributed by atoms with Gasteiger partial charge < -0.3 is 28.7 Å². The van der Waals surface area contributed by atoms with Crippen LogP contribution in [-0.2, 0) is 9.47 Å². The highest BCUT2D eigenvalue weighted by molar-refractivity contribution is 7.00. The fourth-order valence-corrected chi connectivity index (χ4v) is 9.26. The first-order chi connectivity index (χ1) is 31.0. The summed E-state index contributed by atoms with van der Waals surface area (Å²) in [6.45, 7) is 4.02. The Morgan fingerprint density at radius 3 is 1.22 bits per heavy atom. The van der Waals surface area contributed by atoms with Gasteiger partial charge in [0.05, 0.1) is 11.6 Å². The second-order valence-corrected chi connectivity index (χ2v) is 16.6. The van der Waals surface area contributed by atoms with Crippen molar-refractivity contribution in [2.45, 2.75) is 38.6 Å². The third-order valence-electron chi connectivity index (χ3n) is 12.7. The number of anilines is 6. The standard InChI is InChI=1S/C55H40BN3O4/c1-34-54(60-34)62-45-27-19-39(20-28-45)37-15-23-43(24-16-37)58-49-9-5-3-7-47(49)56-48-8-4-6-10-50(48)59(52-32-42(31-51(58)53(52)56)41-13-11-36(33-57)12-14-41)44-25-17-38(18-26-44)40-21-29-46(30-22-40)63-55-35(2)61-55/h3-32,34-35,54-55H,1-2H3. The number of benzene rings is 8. The molecule has 0 aliphatic carbocycles. The summed E-state index contributed by atoms with van der Waals surface area (Å²) in [6.07, 6.45) is -0.0535. The van der Waals surface area contributed by atoms with Crippen molar-refractivity contribution in [1.82, 2.24) is 0 Å². The second kappa shape index (κ2) is 14.8. The Bertz CT molecular complexity index is 2900. The maximum atomic E-state index is 9.69. The highest BCUT2D eigenvalue weighted by Crippen LogP contribution is 2.46. The van der Waals surface area contributed by atoms with Crippen molar-refractivity contribution in [3.8, 4) is 50.9 Å². The Labute approximate surface area is 367 Å². The monoisotopic (exact) mass is 817 g/mol. The van der Waals surface area contributed by atoms with Gasteiger partial charge in [-0.2, -0.15) is 5.26 Å². The molecular weight excluding hydrogens is 777 g/mol. The van der Waals surface area contributed by atoms with Crippen LogP contribution < -0.4 is 35.7 Å². The first-order valence-corrected chi connectivity index (χ1v) is 21.5. The van der Waals surface area contributed by atoms with E-state index in [1.807, 2.05) is 50.2 Å². The number of para-hydroxylation sites is 2. The van der Waals surface area contributed by atoms with Crippen molar-refractivity contribution in [3.63, 3.8) is 0 Å². The molecule has 7 nitrogen and oxygen atoms in total. The second-order valence-electron chi connectivity index (χ2n) is 16.6. The Morgan fingerprint density at radius 1 is 0.460 bits per heavy atom. The van der Waals surface area contributed by atoms with Crippen LogP contribution in [0.3, 0.4) is 0 Å². The molecule has 302 valence electrons. The van der Waals surface area contributed by atoms with Crippen LogP contribution in [0.1, 0.15) is 19.4 Å². The van der Waals surface area contributed by atoms with E-state index in [0.717, 1.165) is 79.0 Å². The van der Waals surface area contributed by atoms with Crippen LogP contribution in [0.2, 0.25) is 0 Å². The maximum absolute atomic E-state index is 9.69. The van der Waals surface area contributed by atoms with Gasteiger partial charge in [-0.05, 0) is 149 Å². The van der Waals surface area contributed by atoms with Crippen LogP contribution in [0.4, 0.5) is 34.1 Å². The quantitative estimate of drug-likeness (QED) is 0.106. The molecule has 8 aromatic carbocycles.